The molecule has 1 aliphatic heterocycles. The first-order valence-electron chi connectivity index (χ1n) is 6.04. The molecule has 1 aromatic carbocycles. The van der Waals surface area contributed by atoms with E-state index in [-0.39, 0.29) is 21.8 Å². The zero-order chi connectivity index (χ0) is 13.6. The van der Waals surface area contributed by atoms with Crippen LogP contribution in [0, 0.1) is 11.6 Å². The van der Waals surface area contributed by atoms with Crippen molar-refractivity contribution in [3.8, 4) is 11.1 Å². The van der Waals surface area contributed by atoms with E-state index in [4.69, 9.17) is 11.6 Å². The molecule has 0 radical (unpaired) electrons. The summed E-state index contributed by atoms with van der Waals surface area (Å²) >= 11 is 6.18. The second-order valence-electron chi connectivity index (χ2n) is 4.55. The van der Waals surface area contributed by atoms with Gasteiger partial charge >= 0.3 is 0 Å². The molecule has 0 saturated heterocycles. The lowest BCUT2D eigenvalue weighted by Crippen LogP contribution is -2.27. The van der Waals surface area contributed by atoms with Crippen molar-refractivity contribution in [2.24, 2.45) is 0 Å². The lowest BCUT2D eigenvalue weighted by molar-refractivity contribution is 0.356. The minimum Gasteiger partial charge on any atom is -0.271 e. The number of benzene rings is 1. The molecule has 19 heavy (non-hydrogen) atoms. The Labute approximate surface area is 113 Å². The second-order valence-corrected chi connectivity index (χ2v) is 4.91. The minimum absolute atomic E-state index is 0.0470. The van der Waals surface area contributed by atoms with Crippen LogP contribution >= 0.6 is 11.6 Å². The van der Waals surface area contributed by atoms with Gasteiger partial charge < -0.3 is 0 Å². The Hall–Kier alpha value is -1.62. The average molecular weight is 285 g/mol. The molecule has 0 amide bonds. The summed E-state index contributed by atoms with van der Waals surface area (Å²) in [6.07, 6.45) is 1.82. The largest absolute Gasteiger partial charge is 0.276 e. The van der Waals surface area contributed by atoms with E-state index in [9.17, 15) is 13.6 Å². The molecule has 0 N–H and O–H groups in total. The van der Waals surface area contributed by atoms with E-state index in [1.165, 1.54) is 10.7 Å². The summed E-state index contributed by atoms with van der Waals surface area (Å²) in [5, 5.41) is 0.218. The van der Waals surface area contributed by atoms with Crippen LogP contribution < -0.4 is 5.56 Å². The maximum atomic E-state index is 13.8. The monoisotopic (exact) mass is 284 g/mol. The molecule has 2 aromatic rings. The summed E-state index contributed by atoms with van der Waals surface area (Å²) in [7, 11) is 0. The number of hydrogen-bond acceptors (Lipinski definition) is 1. The molecule has 1 aliphatic rings. The molecule has 3 rings (SSSR count). The van der Waals surface area contributed by atoms with Gasteiger partial charge in [-0.15, -0.1) is 0 Å². The Bertz CT molecular complexity index is 705. The molecule has 2 heterocycles. The zero-order valence-electron chi connectivity index (χ0n) is 10.00. The van der Waals surface area contributed by atoms with Gasteiger partial charge in [0, 0.05) is 24.7 Å². The van der Waals surface area contributed by atoms with E-state index in [2.05, 4.69) is 0 Å². The van der Waals surface area contributed by atoms with Crippen LogP contribution in [0.4, 0.5) is 8.78 Å². The topological polar surface area (TPSA) is 26.9 Å². The molecular formula is C13H11ClF2N2O. The summed E-state index contributed by atoms with van der Waals surface area (Å²) < 4.78 is 29.9. The Morgan fingerprint density at radius 1 is 1.11 bits per heavy atom. The molecule has 0 spiro atoms. The van der Waals surface area contributed by atoms with Gasteiger partial charge in [-0.2, -0.15) is 0 Å². The normalized spacial score (nSPS) is 14.5. The standard InChI is InChI=1S/C13H11ClF2N2O/c14-12-11(9-4-3-8(15)7-10(9)16)13(19)18-6-2-1-5-17(12)18/h3-4,7H,1-2,5-6H2. The smallest absolute Gasteiger partial charge is 0.271 e. The lowest BCUT2D eigenvalue weighted by atomic mass is 10.1. The van der Waals surface area contributed by atoms with Gasteiger partial charge in [-0.25, -0.2) is 13.5 Å². The highest BCUT2D eigenvalue weighted by atomic mass is 35.5. The molecule has 0 fully saturated rings. The maximum absolute atomic E-state index is 13.8. The maximum Gasteiger partial charge on any atom is 0.276 e. The molecule has 0 bridgehead atoms. The number of aromatic nitrogens is 2. The van der Waals surface area contributed by atoms with Gasteiger partial charge in [0.25, 0.3) is 5.56 Å². The van der Waals surface area contributed by atoms with Gasteiger partial charge in [0.15, 0.2) is 0 Å². The highest BCUT2D eigenvalue weighted by molar-refractivity contribution is 6.32. The third kappa shape index (κ3) is 1.89. The average Bonchev–Trinajstić information content (AvgIpc) is 2.64. The number of nitrogens with zero attached hydrogens (tertiary/aromatic N) is 2. The van der Waals surface area contributed by atoms with Gasteiger partial charge in [-0.05, 0) is 25.0 Å². The van der Waals surface area contributed by atoms with Crippen LogP contribution in [0.2, 0.25) is 5.15 Å². The van der Waals surface area contributed by atoms with E-state index in [1.54, 1.807) is 4.68 Å². The first-order valence-corrected chi connectivity index (χ1v) is 6.42. The first-order chi connectivity index (χ1) is 9.09. The fourth-order valence-corrected chi connectivity index (χ4v) is 2.80. The van der Waals surface area contributed by atoms with Crippen molar-refractivity contribution in [1.82, 2.24) is 9.36 Å². The molecule has 100 valence electrons. The third-order valence-corrected chi connectivity index (χ3v) is 3.75. The van der Waals surface area contributed by atoms with Crippen molar-refractivity contribution in [2.75, 3.05) is 0 Å². The highest BCUT2D eigenvalue weighted by Gasteiger charge is 2.23. The van der Waals surface area contributed by atoms with Crippen molar-refractivity contribution >= 4 is 11.6 Å². The summed E-state index contributed by atoms with van der Waals surface area (Å²) in [6, 6.07) is 3.13. The van der Waals surface area contributed by atoms with Gasteiger partial charge in [-0.1, -0.05) is 11.6 Å². The summed E-state index contributed by atoms with van der Waals surface area (Å²) in [5.41, 5.74) is -0.165. The van der Waals surface area contributed by atoms with Crippen LogP contribution in [0.5, 0.6) is 0 Å². The second kappa shape index (κ2) is 4.49. The van der Waals surface area contributed by atoms with Gasteiger partial charge in [0.05, 0.1) is 5.56 Å². The Balaban J connectivity index is 2.26. The first kappa shape index (κ1) is 12.4. The van der Waals surface area contributed by atoms with E-state index in [0.717, 1.165) is 25.0 Å². The van der Waals surface area contributed by atoms with Gasteiger partial charge in [-0.3, -0.25) is 9.48 Å². The van der Waals surface area contributed by atoms with Crippen LogP contribution in [0.15, 0.2) is 23.0 Å². The molecule has 6 heteroatoms. The van der Waals surface area contributed by atoms with Crippen molar-refractivity contribution in [2.45, 2.75) is 25.9 Å². The molecule has 0 unspecified atom stereocenters. The predicted octanol–water partition coefficient (Wildman–Crippen LogP) is 3.04. The molecule has 0 aliphatic carbocycles. The van der Waals surface area contributed by atoms with Crippen LogP contribution in [0.25, 0.3) is 11.1 Å². The molecule has 1 aromatic heterocycles. The van der Waals surface area contributed by atoms with E-state index >= 15 is 0 Å². The molecular weight excluding hydrogens is 274 g/mol. The van der Waals surface area contributed by atoms with E-state index in [1.807, 2.05) is 0 Å². The molecule has 0 atom stereocenters. The molecule has 3 nitrogen and oxygen atoms in total. The number of halogens is 3. The summed E-state index contributed by atoms with van der Waals surface area (Å²) in [6.45, 7) is 1.21. The lowest BCUT2D eigenvalue weighted by Gasteiger charge is -2.17. The fraction of sp³-hybridized carbons (Fsp3) is 0.308. The van der Waals surface area contributed by atoms with Crippen molar-refractivity contribution in [1.29, 1.82) is 0 Å². The van der Waals surface area contributed by atoms with E-state index < -0.39 is 11.6 Å². The van der Waals surface area contributed by atoms with Crippen LogP contribution in [-0.4, -0.2) is 9.36 Å². The quantitative estimate of drug-likeness (QED) is 0.791. The summed E-state index contributed by atoms with van der Waals surface area (Å²) in [4.78, 5) is 12.3. The number of fused-ring (bicyclic) bond motifs is 1. The van der Waals surface area contributed by atoms with Crippen LogP contribution in [0.3, 0.4) is 0 Å². The number of rotatable bonds is 1. The highest BCUT2D eigenvalue weighted by Crippen LogP contribution is 2.29. The molecule has 0 saturated carbocycles. The van der Waals surface area contributed by atoms with Gasteiger partial charge in [0.2, 0.25) is 0 Å². The Kier molecular flexibility index (Phi) is 2.93. The predicted molar refractivity (Wildman–Crippen MR) is 68.3 cm³/mol. The van der Waals surface area contributed by atoms with Crippen LogP contribution in [-0.2, 0) is 13.1 Å². The third-order valence-electron chi connectivity index (χ3n) is 3.36. The van der Waals surface area contributed by atoms with Crippen molar-refractivity contribution in [3.63, 3.8) is 0 Å². The SMILES string of the molecule is O=c1c(-c2ccc(F)cc2F)c(Cl)n2n1CCCC2. The Morgan fingerprint density at radius 2 is 1.79 bits per heavy atom. The van der Waals surface area contributed by atoms with Crippen molar-refractivity contribution < 1.29 is 8.78 Å². The Morgan fingerprint density at radius 3 is 2.42 bits per heavy atom. The minimum atomic E-state index is -0.775. The number of hydrogen-bond donors (Lipinski definition) is 0. The van der Waals surface area contributed by atoms with Crippen molar-refractivity contribution in [3.05, 3.63) is 45.3 Å². The zero-order valence-corrected chi connectivity index (χ0v) is 10.8. The van der Waals surface area contributed by atoms with E-state index in [0.29, 0.717) is 13.1 Å². The van der Waals surface area contributed by atoms with Crippen LogP contribution in [0.1, 0.15) is 12.8 Å². The van der Waals surface area contributed by atoms with Gasteiger partial charge in [0.1, 0.15) is 16.8 Å². The summed E-state index contributed by atoms with van der Waals surface area (Å²) in [5.74, 6) is -1.45. The fourth-order valence-electron chi connectivity index (χ4n) is 2.44.